The number of nitro groups is 1. The van der Waals surface area contributed by atoms with Crippen LogP contribution >= 0.6 is 27.5 Å². The monoisotopic (exact) mass is 355 g/mol. The van der Waals surface area contributed by atoms with Crippen LogP contribution in [0.5, 0.6) is 0 Å². The highest BCUT2D eigenvalue weighted by atomic mass is 79.9. The lowest BCUT2D eigenvalue weighted by atomic mass is 10.2. The van der Waals surface area contributed by atoms with Crippen molar-refractivity contribution in [2.75, 3.05) is 5.32 Å². The fraction of sp³-hybridized carbons (Fsp3) is 0. The summed E-state index contributed by atoms with van der Waals surface area (Å²) in [6, 6.07) is 7.04. The molecule has 20 heavy (non-hydrogen) atoms. The maximum Gasteiger partial charge on any atom is 0.271 e. The number of nitrogens with one attached hydrogen (secondary N) is 1. The van der Waals surface area contributed by atoms with Crippen LogP contribution in [0.2, 0.25) is 5.02 Å². The molecule has 0 radical (unpaired) electrons. The van der Waals surface area contributed by atoms with Crippen molar-refractivity contribution in [2.45, 2.75) is 0 Å². The zero-order valence-corrected chi connectivity index (χ0v) is 12.2. The Hall–Kier alpha value is -1.99. The summed E-state index contributed by atoms with van der Waals surface area (Å²) in [5.74, 6) is -0.402. The molecule has 0 unspecified atom stereocenters. The Labute approximate surface area is 127 Å². The maximum atomic E-state index is 11.9. The summed E-state index contributed by atoms with van der Waals surface area (Å²) in [5.41, 5.74) is 0.506. The minimum atomic E-state index is -0.559. The Balaban J connectivity index is 2.19. The van der Waals surface area contributed by atoms with Gasteiger partial charge < -0.3 is 5.32 Å². The molecule has 0 aliphatic heterocycles. The fourth-order valence-electron chi connectivity index (χ4n) is 1.42. The highest BCUT2D eigenvalue weighted by molar-refractivity contribution is 9.10. The lowest BCUT2D eigenvalue weighted by Gasteiger charge is -2.06. The number of non-ortho nitro benzene ring substituents is 1. The standard InChI is InChI=1S/C12H7BrClN3O3/c13-11-4-1-7(6-15-11)12(18)16-10-3-2-8(17(19)20)5-9(10)14/h1-6H,(H,16,18). The first-order chi connectivity index (χ1) is 9.47. The Morgan fingerprint density at radius 3 is 2.65 bits per heavy atom. The number of amides is 1. The number of anilines is 1. The quantitative estimate of drug-likeness (QED) is 0.516. The number of rotatable bonds is 3. The van der Waals surface area contributed by atoms with Gasteiger partial charge in [-0.15, -0.1) is 0 Å². The van der Waals surface area contributed by atoms with E-state index in [1.807, 2.05) is 0 Å². The van der Waals surface area contributed by atoms with Gasteiger partial charge in [-0.05, 0) is 34.1 Å². The lowest BCUT2D eigenvalue weighted by molar-refractivity contribution is -0.384. The van der Waals surface area contributed by atoms with E-state index in [4.69, 9.17) is 11.6 Å². The van der Waals surface area contributed by atoms with Crippen molar-refractivity contribution in [3.8, 4) is 0 Å². The van der Waals surface area contributed by atoms with Crippen LogP contribution in [0.25, 0.3) is 0 Å². The van der Waals surface area contributed by atoms with Crippen molar-refractivity contribution in [3.63, 3.8) is 0 Å². The number of pyridine rings is 1. The van der Waals surface area contributed by atoms with Gasteiger partial charge in [0.1, 0.15) is 4.60 Å². The number of nitro benzene ring substituents is 1. The lowest BCUT2D eigenvalue weighted by Crippen LogP contribution is -2.12. The van der Waals surface area contributed by atoms with Gasteiger partial charge in [-0.25, -0.2) is 4.98 Å². The van der Waals surface area contributed by atoms with Crippen LogP contribution in [0.3, 0.4) is 0 Å². The van der Waals surface area contributed by atoms with Crippen LogP contribution in [0.1, 0.15) is 10.4 Å². The Kier molecular flexibility index (Phi) is 4.31. The molecule has 0 atom stereocenters. The van der Waals surface area contributed by atoms with E-state index in [9.17, 15) is 14.9 Å². The highest BCUT2D eigenvalue weighted by Gasteiger charge is 2.12. The summed E-state index contributed by atoms with van der Waals surface area (Å²) in [6.07, 6.45) is 1.40. The molecule has 0 aliphatic rings. The third kappa shape index (κ3) is 3.31. The van der Waals surface area contributed by atoms with Gasteiger partial charge in [-0.2, -0.15) is 0 Å². The Morgan fingerprint density at radius 1 is 1.35 bits per heavy atom. The molecule has 0 spiro atoms. The largest absolute Gasteiger partial charge is 0.321 e. The van der Waals surface area contributed by atoms with Gasteiger partial charge in [0.15, 0.2) is 0 Å². The second-order valence-corrected chi connectivity index (χ2v) is 4.96. The van der Waals surface area contributed by atoms with Crippen molar-refractivity contribution < 1.29 is 9.72 Å². The van der Waals surface area contributed by atoms with E-state index in [1.54, 1.807) is 12.1 Å². The number of nitrogens with zero attached hydrogens (tertiary/aromatic N) is 2. The van der Waals surface area contributed by atoms with E-state index >= 15 is 0 Å². The number of carbonyl (C=O) groups excluding carboxylic acids is 1. The molecular formula is C12H7BrClN3O3. The predicted molar refractivity (Wildman–Crippen MR) is 78.0 cm³/mol. The molecular weight excluding hydrogens is 350 g/mol. The highest BCUT2D eigenvalue weighted by Crippen LogP contribution is 2.27. The van der Waals surface area contributed by atoms with E-state index in [0.29, 0.717) is 15.9 Å². The fourth-order valence-corrected chi connectivity index (χ4v) is 1.88. The SMILES string of the molecule is O=C(Nc1ccc([N+](=O)[O-])cc1Cl)c1ccc(Br)nc1. The number of aromatic nitrogens is 1. The molecule has 1 heterocycles. The molecule has 0 saturated carbocycles. The van der Waals surface area contributed by atoms with Gasteiger partial charge in [0.2, 0.25) is 0 Å². The van der Waals surface area contributed by atoms with Gasteiger partial charge in [0.05, 0.1) is 21.2 Å². The van der Waals surface area contributed by atoms with Crippen LogP contribution in [0.4, 0.5) is 11.4 Å². The summed E-state index contributed by atoms with van der Waals surface area (Å²) < 4.78 is 0.613. The van der Waals surface area contributed by atoms with Gasteiger partial charge in [0, 0.05) is 18.3 Å². The van der Waals surface area contributed by atoms with Crippen molar-refractivity contribution in [1.82, 2.24) is 4.98 Å². The van der Waals surface area contributed by atoms with E-state index < -0.39 is 10.8 Å². The molecule has 8 heteroatoms. The third-order valence-electron chi connectivity index (χ3n) is 2.40. The molecule has 0 fully saturated rings. The molecule has 1 aromatic heterocycles. The van der Waals surface area contributed by atoms with Crippen LogP contribution in [-0.2, 0) is 0 Å². The molecule has 6 nitrogen and oxygen atoms in total. The van der Waals surface area contributed by atoms with Gasteiger partial charge in [-0.1, -0.05) is 11.6 Å². The first-order valence-corrected chi connectivity index (χ1v) is 6.51. The van der Waals surface area contributed by atoms with E-state index in [-0.39, 0.29) is 10.7 Å². The second-order valence-electron chi connectivity index (χ2n) is 3.74. The summed E-state index contributed by atoms with van der Waals surface area (Å²) in [7, 11) is 0. The normalized spacial score (nSPS) is 10.1. The van der Waals surface area contributed by atoms with Crippen LogP contribution in [0.15, 0.2) is 41.1 Å². The predicted octanol–water partition coefficient (Wildman–Crippen LogP) is 3.66. The average Bonchev–Trinajstić information content (AvgIpc) is 2.41. The molecule has 0 saturated heterocycles. The minimum Gasteiger partial charge on any atom is -0.321 e. The average molecular weight is 357 g/mol. The summed E-state index contributed by atoms with van der Waals surface area (Å²) in [6.45, 7) is 0. The van der Waals surface area contributed by atoms with Crippen LogP contribution in [-0.4, -0.2) is 15.8 Å². The molecule has 102 valence electrons. The Bertz CT molecular complexity index is 676. The molecule has 0 aliphatic carbocycles. The summed E-state index contributed by atoms with van der Waals surface area (Å²) in [4.78, 5) is 25.9. The Morgan fingerprint density at radius 2 is 2.10 bits per heavy atom. The summed E-state index contributed by atoms with van der Waals surface area (Å²) in [5, 5.41) is 13.2. The molecule has 0 bridgehead atoms. The van der Waals surface area contributed by atoms with Gasteiger partial charge in [0.25, 0.3) is 11.6 Å². The minimum absolute atomic E-state index is 0.0950. The smallest absolute Gasteiger partial charge is 0.271 e. The topological polar surface area (TPSA) is 85.1 Å². The molecule has 1 N–H and O–H groups in total. The van der Waals surface area contributed by atoms with Crippen molar-refractivity contribution in [1.29, 1.82) is 0 Å². The van der Waals surface area contributed by atoms with Crippen molar-refractivity contribution in [3.05, 3.63) is 61.8 Å². The zero-order chi connectivity index (χ0) is 14.7. The van der Waals surface area contributed by atoms with Gasteiger partial charge in [-0.3, -0.25) is 14.9 Å². The number of halogens is 2. The van der Waals surface area contributed by atoms with Crippen molar-refractivity contribution in [2.24, 2.45) is 0 Å². The number of hydrogen-bond acceptors (Lipinski definition) is 4. The first kappa shape index (κ1) is 14.4. The van der Waals surface area contributed by atoms with Gasteiger partial charge >= 0.3 is 0 Å². The second kappa shape index (κ2) is 5.98. The third-order valence-corrected chi connectivity index (χ3v) is 3.18. The van der Waals surface area contributed by atoms with E-state index in [1.165, 1.54) is 24.4 Å². The molecule has 1 aromatic carbocycles. The maximum absolute atomic E-state index is 11.9. The van der Waals surface area contributed by atoms with Crippen LogP contribution in [0, 0.1) is 10.1 Å². The van der Waals surface area contributed by atoms with E-state index in [2.05, 4.69) is 26.2 Å². The summed E-state index contributed by atoms with van der Waals surface area (Å²) >= 11 is 9.05. The number of hydrogen-bond donors (Lipinski definition) is 1. The number of carbonyl (C=O) groups is 1. The van der Waals surface area contributed by atoms with E-state index in [0.717, 1.165) is 0 Å². The number of benzene rings is 1. The van der Waals surface area contributed by atoms with Crippen LogP contribution < -0.4 is 5.32 Å². The molecule has 1 amide bonds. The zero-order valence-electron chi connectivity index (χ0n) is 9.84. The molecule has 2 aromatic rings. The molecule has 2 rings (SSSR count). The first-order valence-electron chi connectivity index (χ1n) is 5.34. The van der Waals surface area contributed by atoms with Crippen molar-refractivity contribution >= 4 is 44.8 Å².